The van der Waals surface area contributed by atoms with Gasteiger partial charge in [-0.3, -0.25) is 4.79 Å². The van der Waals surface area contributed by atoms with Crippen LogP contribution in [-0.4, -0.2) is 23.7 Å². The van der Waals surface area contributed by atoms with Gasteiger partial charge < -0.3 is 10.4 Å². The molecule has 0 amide bonds. The van der Waals surface area contributed by atoms with E-state index in [1.807, 2.05) is 12.1 Å². The van der Waals surface area contributed by atoms with Crippen LogP contribution in [0.15, 0.2) is 22.7 Å². The highest BCUT2D eigenvalue weighted by atomic mass is 79.9. The number of hydrogen-bond donors (Lipinski definition) is 2. The minimum Gasteiger partial charge on any atom is -0.480 e. The van der Waals surface area contributed by atoms with Crippen LogP contribution in [0.25, 0.3) is 0 Å². The molecule has 2 N–H and O–H groups in total. The molecule has 0 saturated heterocycles. The Morgan fingerprint density at radius 1 is 1.47 bits per heavy atom. The van der Waals surface area contributed by atoms with Crippen molar-refractivity contribution >= 4 is 21.9 Å². The number of rotatable bonds is 1. The van der Waals surface area contributed by atoms with Gasteiger partial charge in [0.05, 0.1) is 0 Å². The Kier molecular flexibility index (Phi) is 3.07. The molecular weight excluding hydrogens is 258 g/mol. The number of aliphatic carboxylic acids is 1. The van der Waals surface area contributed by atoms with Crippen molar-refractivity contribution in [3.05, 3.63) is 33.8 Å². The molecule has 1 atom stereocenters. The van der Waals surface area contributed by atoms with E-state index in [9.17, 15) is 4.79 Å². The van der Waals surface area contributed by atoms with E-state index >= 15 is 0 Å². The molecule has 1 heterocycles. The number of fused-ring (bicyclic) bond motifs is 1. The quantitative estimate of drug-likeness (QED) is 0.814. The summed E-state index contributed by atoms with van der Waals surface area (Å²) in [5, 5.41) is 12.0. The molecule has 1 unspecified atom stereocenters. The summed E-state index contributed by atoms with van der Waals surface area (Å²) in [6.45, 7) is 0.728. The van der Waals surface area contributed by atoms with Crippen LogP contribution in [0.5, 0.6) is 0 Å². The lowest BCUT2D eigenvalue weighted by atomic mass is 10.0. The first-order valence-corrected chi connectivity index (χ1v) is 5.69. The fourth-order valence-corrected chi connectivity index (χ4v) is 2.28. The molecule has 1 aliphatic rings. The Morgan fingerprint density at radius 3 is 3.00 bits per heavy atom. The van der Waals surface area contributed by atoms with Gasteiger partial charge in [-0.05, 0) is 42.6 Å². The Balaban J connectivity index is 2.31. The number of hydrogen-bond acceptors (Lipinski definition) is 2. The summed E-state index contributed by atoms with van der Waals surface area (Å²) in [7, 11) is 0. The minimum absolute atomic E-state index is 0.458. The number of carboxylic acids is 1. The van der Waals surface area contributed by atoms with Crippen molar-refractivity contribution in [1.29, 1.82) is 0 Å². The highest BCUT2D eigenvalue weighted by Crippen LogP contribution is 2.20. The lowest BCUT2D eigenvalue weighted by Gasteiger charge is -2.10. The number of carboxylic acid groups (broad SMARTS) is 1. The Morgan fingerprint density at radius 2 is 2.27 bits per heavy atom. The molecule has 15 heavy (non-hydrogen) atoms. The fraction of sp³-hybridized carbons (Fsp3) is 0.364. The van der Waals surface area contributed by atoms with Gasteiger partial charge in [0.1, 0.15) is 6.04 Å². The summed E-state index contributed by atoms with van der Waals surface area (Å²) >= 11 is 3.41. The van der Waals surface area contributed by atoms with Crippen molar-refractivity contribution in [3.8, 4) is 0 Å². The number of nitrogens with one attached hydrogen (secondary N) is 1. The van der Waals surface area contributed by atoms with E-state index < -0.39 is 12.0 Å². The summed E-state index contributed by atoms with van der Waals surface area (Å²) < 4.78 is 1.01. The van der Waals surface area contributed by atoms with Crippen molar-refractivity contribution in [3.63, 3.8) is 0 Å². The van der Waals surface area contributed by atoms with Gasteiger partial charge in [0.2, 0.25) is 0 Å². The van der Waals surface area contributed by atoms with Gasteiger partial charge >= 0.3 is 5.97 Å². The van der Waals surface area contributed by atoms with E-state index in [4.69, 9.17) is 5.11 Å². The highest BCUT2D eigenvalue weighted by molar-refractivity contribution is 9.10. The standard InChI is InChI=1S/C11H12BrNO2/c12-9-2-1-7-3-4-13-10(11(14)15)6-8(7)5-9/h1-2,5,10,13H,3-4,6H2,(H,14,15). The maximum absolute atomic E-state index is 10.9. The normalized spacial score (nSPS) is 20.5. The third kappa shape index (κ3) is 2.38. The topological polar surface area (TPSA) is 49.3 Å². The second kappa shape index (κ2) is 4.33. The minimum atomic E-state index is -0.775. The van der Waals surface area contributed by atoms with Crippen LogP contribution in [0.1, 0.15) is 11.1 Å². The predicted octanol–water partition coefficient (Wildman–Crippen LogP) is 1.59. The van der Waals surface area contributed by atoms with Crippen LogP contribution in [0.3, 0.4) is 0 Å². The van der Waals surface area contributed by atoms with E-state index in [-0.39, 0.29) is 0 Å². The molecule has 0 fully saturated rings. The van der Waals surface area contributed by atoms with Crippen LogP contribution < -0.4 is 5.32 Å². The van der Waals surface area contributed by atoms with Gasteiger partial charge in [0, 0.05) is 4.47 Å². The van der Waals surface area contributed by atoms with Crippen molar-refractivity contribution in [2.24, 2.45) is 0 Å². The zero-order valence-corrected chi connectivity index (χ0v) is 9.75. The van der Waals surface area contributed by atoms with E-state index in [2.05, 4.69) is 27.3 Å². The van der Waals surface area contributed by atoms with Crippen LogP contribution in [0, 0.1) is 0 Å². The molecule has 0 aliphatic carbocycles. The molecule has 0 radical (unpaired) electrons. The highest BCUT2D eigenvalue weighted by Gasteiger charge is 2.21. The third-order valence-corrected chi connectivity index (χ3v) is 3.17. The average Bonchev–Trinajstić information content (AvgIpc) is 2.39. The maximum atomic E-state index is 10.9. The Labute approximate surface area is 96.6 Å². The second-order valence-electron chi connectivity index (χ2n) is 3.71. The maximum Gasteiger partial charge on any atom is 0.321 e. The first kappa shape index (κ1) is 10.6. The first-order valence-electron chi connectivity index (χ1n) is 4.90. The Bertz CT molecular complexity index is 392. The molecule has 4 heteroatoms. The fourth-order valence-electron chi connectivity index (χ4n) is 1.88. The molecule has 0 spiro atoms. The molecule has 0 saturated carbocycles. The molecule has 0 aromatic heterocycles. The largest absolute Gasteiger partial charge is 0.480 e. The monoisotopic (exact) mass is 269 g/mol. The van der Waals surface area contributed by atoms with Gasteiger partial charge in [-0.1, -0.05) is 22.0 Å². The van der Waals surface area contributed by atoms with Crippen molar-refractivity contribution < 1.29 is 9.90 Å². The number of halogens is 1. The smallest absolute Gasteiger partial charge is 0.321 e. The van der Waals surface area contributed by atoms with E-state index in [0.717, 1.165) is 23.0 Å². The van der Waals surface area contributed by atoms with E-state index in [1.54, 1.807) is 0 Å². The second-order valence-corrected chi connectivity index (χ2v) is 4.63. The molecule has 1 aromatic carbocycles. The lowest BCUT2D eigenvalue weighted by Crippen LogP contribution is -2.37. The van der Waals surface area contributed by atoms with Gasteiger partial charge in [-0.2, -0.15) is 0 Å². The van der Waals surface area contributed by atoms with Crippen molar-refractivity contribution in [2.75, 3.05) is 6.54 Å². The average molecular weight is 270 g/mol. The zero-order valence-electron chi connectivity index (χ0n) is 8.16. The molecular formula is C11H12BrNO2. The van der Waals surface area contributed by atoms with Crippen LogP contribution in [0.4, 0.5) is 0 Å². The molecule has 0 bridgehead atoms. The molecule has 1 aromatic rings. The lowest BCUT2D eigenvalue weighted by molar-refractivity contribution is -0.139. The van der Waals surface area contributed by atoms with Crippen molar-refractivity contribution in [1.82, 2.24) is 5.32 Å². The van der Waals surface area contributed by atoms with Gasteiger partial charge in [-0.25, -0.2) is 0 Å². The SMILES string of the molecule is O=C(O)C1Cc2cc(Br)ccc2CCN1. The van der Waals surface area contributed by atoms with Crippen LogP contribution >= 0.6 is 15.9 Å². The summed E-state index contributed by atoms with van der Waals surface area (Å²) in [4.78, 5) is 10.9. The Hall–Kier alpha value is -0.870. The molecule has 1 aliphatic heterocycles. The number of carbonyl (C=O) groups is 1. The van der Waals surface area contributed by atoms with Gasteiger partial charge in [0.25, 0.3) is 0 Å². The summed E-state index contributed by atoms with van der Waals surface area (Å²) in [5.74, 6) is -0.775. The first-order chi connectivity index (χ1) is 7.16. The predicted molar refractivity (Wildman–Crippen MR) is 61.0 cm³/mol. The summed E-state index contributed by atoms with van der Waals surface area (Å²) in [6, 6.07) is 5.62. The molecule has 2 rings (SSSR count). The molecule has 3 nitrogen and oxygen atoms in total. The summed E-state index contributed by atoms with van der Waals surface area (Å²) in [5.41, 5.74) is 2.37. The van der Waals surface area contributed by atoms with E-state index in [1.165, 1.54) is 5.56 Å². The third-order valence-electron chi connectivity index (χ3n) is 2.68. The van der Waals surface area contributed by atoms with Crippen molar-refractivity contribution in [2.45, 2.75) is 18.9 Å². The number of benzene rings is 1. The van der Waals surface area contributed by atoms with Gasteiger partial charge in [-0.15, -0.1) is 0 Å². The van der Waals surface area contributed by atoms with Crippen LogP contribution in [-0.2, 0) is 17.6 Å². The van der Waals surface area contributed by atoms with E-state index in [0.29, 0.717) is 6.42 Å². The molecule has 80 valence electrons. The summed E-state index contributed by atoms with van der Waals surface area (Å²) in [6.07, 6.45) is 1.45. The zero-order chi connectivity index (χ0) is 10.8. The van der Waals surface area contributed by atoms with Gasteiger partial charge in [0.15, 0.2) is 0 Å². The van der Waals surface area contributed by atoms with Crippen LogP contribution in [0.2, 0.25) is 0 Å².